The van der Waals surface area contributed by atoms with Crippen molar-refractivity contribution in [3.05, 3.63) is 60.7 Å². The van der Waals surface area contributed by atoms with Gasteiger partial charge in [-0.3, -0.25) is 0 Å². The van der Waals surface area contributed by atoms with Gasteiger partial charge in [0.25, 0.3) is 0 Å². The van der Waals surface area contributed by atoms with Crippen LogP contribution < -0.4 is 17.8 Å². The van der Waals surface area contributed by atoms with Crippen LogP contribution in [0.25, 0.3) is 32.7 Å². The quantitative estimate of drug-likeness (QED) is 0.244. The predicted octanol–water partition coefficient (Wildman–Crippen LogP) is 7.86. The van der Waals surface area contributed by atoms with Gasteiger partial charge in [0.2, 0.25) is 0 Å². The van der Waals surface area contributed by atoms with Crippen LogP contribution in [0.4, 0.5) is 0 Å². The lowest BCUT2D eigenvalue weighted by atomic mass is 9.92. The van der Waals surface area contributed by atoms with Crippen LogP contribution in [0.15, 0.2) is 60.7 Å². The van der Waals surface area contributed by atoms with E-state index in [-0.39, 0.29) is 0 Å². The molecule has 6 heteroatoms. The van der Waals surface area contributed by atoms with E-state index in [1.165, 1.54) is 0 Å². The summed E-state index contributed by atoms with van der Waals surface area (Å²) in [6, 6.07) is 19.8. The van der Waals surface area contributed by atoms with E-state index in [1.807, 2.05) is 60.7 Å². The van der Waals surface area contributed by atoms with Crippen LogP contribution in [0.5, 0.6) is 23.0 Å². The van der Waals surface area contributed by atoms with Crippen molar-refractivity contribution in [2.75, 3.05) is 13.2 Å². The van der Waals surface area contributed by atoms with Gasteiger partial charge in [0.1, 0.15) is 11.5 Å². The summed E-state index contributed by atoms with van der Waals surface area (Å²) in [6.07, 6.45) is 2.15. The topological polar surface area (TPSA) is 54.0 Å². The van der Waals surface area contributed by atoms with Crippen molar-refractivity contribution in [3.63, 3.8) is 0 Å². The number of rotatable bonds is 8. The minimum Gasteiger partial charge on any atom is -0.493 e. The first kappa shape index (κ1) is 24.4. The van der Waals surface area contributed by atoms with Crippen molar-refractivity contribution in [2.24, 2.45) is 11.8 Å². The number of benzene rings is 4. The van der Waals surface area contributed by atoms with Crippen molar-refractivity contribution in [2.45, 2.75) is 40.5 Å². The lowest BCUT2D eigenvalue weighted by Gasteiger charge is -2.16. The molecule has 0 radical (unpaired) electrons. The SMILES string of the molecule is CCC(C)COc1ccc2c3c(ccc2c1)OS(=O)Oc1ccc2cc(OCC(C)CC)ccc2c1-3. The molecule has 5 rings (SSSR count). The van der Waals surface area contributed by atoms with Gasteiger partial charge in [-0.05, 0) is 81.9 Å². The molecule has 0 spiro atoms. The van der Waals surface area contributed by atoms with E-state index in [0.717, 1.165) is 57.0 Å². The van der Waals surface area contributed by atoms with Crippen molar-refractivity contribution >= 4 is 32.9 Å². The second-order valence-corrected chi connectivity index (χ2v) is 10.4. The van der Waals surface area contributed by atoms with E-state index >= 15 is 0 Å². The van der Waals surface area contributed by atoms with E-state index in [9.17, 15) is 4.21 Å². The maximum atomic E-state index is 12.6. The molecule has 2 atom stereocenters. The number of hydrogen-bond acceptors (Lipinski definition) is 5. The molecule has 188 valence electrons. The molecule has 2 unspecified atom stereocenters. The molecule has 1 heterocycles. The molecule has 0 saturated carbocycles. The van der Waals surface area contributed by atoms with E-state index < -0.39 is 11.4 Å². The minimum absolute atomic E-state index is 0.491. The predicted molar refractivity (Wildman–Crippen MR) is 146 cm³/mol. The largest absolute Gasteiger partial charge is 0.493 e. The monoisotopic (exact) mass is 504 g/mol. The third-order valence-corrected chi connectivity index (χ3v) is 7.57. The summed E-state index contributed by atoms with van der Waals surface area (Å²) < 4.78 is 36.1. The van der Waals surface area contributed by atoms with Gasteiger partial charge in [-0.1, -0.05) is 52.7 Å². The maximum Gasteiger partial charge on any atom is 0.417 e. The molecule has 36 heavy (non-hydrogen) atoms. The smallest absolute Gasteiger partial charge is 0.417 e. The first-order chi connectivity index (χ1) is 17.5. The molecule has 0 aromatic heterocycles. The molecule has 0 bridgehead atoms. The second kappa shape index (κ2) is 10.4. The molecule has 1 aliphatic rings. The highest BCUT2D eigenvalue weighted by atomic mass is 32.2. The second-order valence-electron chi connectivity index (χ2n) is 9.66. The zero-order valence-electron chi connectivity index (χ0n) is 21.2. The molecule has 5 nitrogen and oxygen atoms in total. The summed E-state index contributed by atoms with van der Waals surface area (Å²) in [7, 11) is 0. The van der Waals surface area contributed by atoms with Gasteiger partial charge in [0.15, 0.2) is 11.5 Å². The van der Waals surface area contributed by atoms with Crippen LogP contribution in [0, 0.1) is 11.8 Å². The van der Waals surface area contributed by atoms with Gasteiger partial charge in [-0.2, -0.15) is 4.21 Å². The summed E-state index contributed by atoms with van der Waals surface area (Å²) in [5, 5.41) is 4.00. The Bertz CT molecular complexity index is 1320. The summed E-state index contributed by atoms with van der Waals surface area (Å²) in [4.78, 5) is 0. The molecular formula is C30H32O5S. The third-order valence-electron chi connectivity index (χ3n) is 6.93. The Kier molecular flexibility index (Phi) is 7.06. The zero-order chi connectivity index (χ0) is 25.2. The van der Waals surface area contributed by atoms with Crippen LogP contribution in [0.3, 0.4) is 0 Å². The lowest BCUT2D eigenvalue weighted by molar-refractivity contribution is 0.257. The summed E-state index contributed by atoms with van der Waals surface area (Å²) >= 11 is -1.94. The van der Waals surface area contributed by atoms with E-state index in [4.69, 9.17) is 17.8 Å². The summed E-state index contributed by atoms with van der Waals surface area (Å²) in [6.45, 7) is 10.1. The van der Waals surface area contributed by atoms with E-state index in [0.29, 0.717) is 36.5 Å². The van der Waals surface area contributed by atoms with E-state index in [1.54, 1.807) is 0 Å². The molecule has 0 N–H and O–H groups in total. The van der Waals surface area contributed by atoms with Crippen molar-refractivity contribution in [1.29, 1.82) is 0 Å². The van der Waals surface area contributed by atoms with E-state index in [2.05, 4.69) is 27.7 Å². The molecule has 0 aliphatic carbocycles. The fourth-order valence-corrected chi connectivity index (χ4v) is 4.89. The fourth-order valence-electron chi connectivity index (χ4n) is 4.29. The number of hydrogen-bond donors (Lipinski definition) is 0. The maximum absolute atomic E-state index is 12.6. The Morgan fingerprint density at radius 1 is 0.694 bits per heavy atom. The Morgan fingerprint density at radius 3 is 1.56 bits per heavy atom. The third kappa shape index (κ3) is 4.87. The van der Waals surface area contributed by atoms with Crippen molar-refractivity contribution in [3.8, 4) is 34.1 Å². The van der Waals surface area contributed by atoms with Gasteiger partial charge in [0.05, 0.1) is 13.2 Å². The molecule has 0 amide bonds. The van der Waals surface area contributed by atoms with Crippen molar-refractivity contribution in [1.82, 2.24) is 0 Å². The fraction of sp³-hybridized carbons (Fsp3) is 0.333. The lowest BCUT2D eigenvalue weighted by Crippen LogP contribution is -2.07. The van der Waals surface area contributed by atoms with Gasteiger partial charge < -0.3 is 17.8 Å². The van der Waals surface area contributed by atoms with Crippen LogP contribution in [0.2, 0.25) is 0 Å². The van der Waals surface area contributed by atoms with Crippen LogP contribution in [-0.4, -0.2) is 17.4 Å². The summed E-state index contributed by atoms with van der Waals surface area (Å²) in [5.74, 6) is 3.70. The minimum atomic E-state index is -1.94. The first-order valence-corrected chi connectivity index (χ1v) is 13.6. The molecule has 4 aromatic rings. The molecule has 0 fully saturated rings. The number of ether oxygens (including phenoxy) is 2. The van der Waals surface area contributed by atoms with Crippen LogP contribution in [0.1, 0.15) is 40.5 Å². The highest BCUT2D eigenvalue weighted by Gasteiger charge is 2.26. The van der Waals surface area contributed by atoms with Crippen molar-refractivity contribution < 1.29 is 22.0 Å². The van der Waals surface area contributed by atoms with Gasteiger partial charge in [0, 0.05) is 11.1 Å². The average molecular weight is 505 g/mol. The highest BCUT2D eigenvalue weighted by Crippen LogP contribution is 2.48. The standard InChI is InChI=1S/C30H32O5S/c1-5-19(3)17-32-23-9-11-25-21(15-23)7-13-27-29(25)30-26-12-10-24(33-18-20(4)6-2)16-22(26)8-14-28(30)35-36(31)34-27/h7-16,19-20H,5-6,17-18H2,1-4H3. The first-order valence-electron chi connectivity index (χ1n) is 12.6. The molecular weight excluding hydrogens is 472 g/mol. The normalized spacial score (nSPS) is 16.3. The Hall–Kier alpha value is -3.25. The molecule has 0 saturated heterocycles. The average Bonchev–Trinajstić information content (AvgIpc) is 3.05. The molecule has 1 aliphatic heterocycles. The zero-order valence-corrected chi connectivity index (χ0v) is 22.0. The Morgan fingerprint density at radius 2 is 1.14 bits per heavy atom. The van der Waals surface area contributed by atoms with Gasteiger partial charge >= 0.3 is 11.4 Å². The summed E-state index contributed by atoms with van der Waals surface area (Å²) in [5.41, 5.74) is 1.72. The Labute approximate surface area is 215 Å². The Balaban J connectivity index is 1.62. The van der Waals surface area contributed by atoms with Crippen LogP contribution >= 0.6 is 0 Å². The van der Waals surface area contributed by atoms with Gasteiger partial charge in [-0.15, -0.1) is 0 Å². The van der Waals surface area contributed by atoms with Crippen LogP contribution in [-0.2, 0) is 11.4 Å². The molecule has 4 aromatic carbocycles. The highest BCUT2D eigenvalue weighted by molar-refractivity contribution is 7.76. The number of fused-ring (bicyclic) bond motifs is 7. The van der Waals surface area contributed by atoms with Gasteiger partial charge in [-0.25, -0.2) is 0 Å².